The molecule has 41 heavy (non-hydrogen) atoms. The van der Waals surface area contributed by atoms with Crippen LogP contribution in [0, 0.1) is 5.92 Å². The highest BCUT2D eigenvalue weighted by Gasteiger charge is 2.50. The Balaban J connectivity index is 1.46. The molecule has 4 atom stereocenters. The van der Waals surface area contributed by atoms with E-state index in [1.807, 2.05) is 0 Å². The Morgan fingerprint density at radius 1 is 1.05 bits per heavy atom. The summed E-state index contributed by atoms with van der Waals surface area (Å²) in [6, 6.07) is 16.0. The first-order chi connectivity index (χ1) is 19.7. The number of aromatic nitrogens is 5. The maximum atomic E-state index is 15.8. The van der Waals surface area contributed by atoms with E-state index in [-0.39, 0.29) is 28.2 Å². The Morgan fingerprint density at radius 2 is 1.68 bits per heavy atom. The lowest BCUT2D eigenvalue weighted by atomic mass is 10.1. The Kier molecular flexibility index (Phi) is 7.83. The van der Waals surface area contributed by atoms with Crippen molar-refractivity contribution >= 4 is 35.0 Å². The lowest BCUT2D eigenvalue weighted by Crippen LogP contribution is -2.35. The summed E-state index contributed by atoms with van der Waals surface area (Å²) in [7, 11) is 0. The normalized spacial score (nSPS) is 20.2. The van der Waals surface area contributed by atoms with Gasteiger partial charge in [0.15, 0.2) is 29.7 Å². The van der Waals surface area contributed by atoms with E-state index in [0.717, 1.165) is 4.68 Å². The fourth-order valence-electron chi connectivity index (χ4n) is 4.06. The summed E-state index contributed by atoms with van der Waals surface area (Å²) in [5.41, 5.74) is -0.687. The summed E-state index contributed by atoms with van der Waals surface area (Å²) in [5, 5.41) is 10.2. The van der Waals surface area contributed by atoms with Crippen LogP contribution in [-0.2, 0) is 19.0 Å². The minimum absolute atomic E-state index is 0.160. The number of carbonyl (C=O) groups excluding carboxylic acids is 3. The van der Waals surface area contributed by atoms with E-state index in [4.69, 9.17) is 14.2 Å². The van der Waals surface area contributed by atoms with Gasteiger partial charge in [0.1, 0.15) is 12.7 Å². The average Bonchev–Trinajstić information content (AvgIpc) is 3.53. The third-order valence-corrected chi connectivity index (χ3v) is 6.25. The third kappa shape index (κ3) is 5.82. The van der Waals surface area contributed by atoms with Gasteiger partial charge < -0.3 is 14.2 Å². The van der Waals surface area contributed by atoms with Crippen LogP contribution in [0.5, 0.6) is 0 Å². The number of anilines is 1. The van der Waals surface area contributed by atoms with Crippen molar-refractivity contribution < 1.29 is 33.0 Å². The number of benzene rings is 2. The summed E-state index contributed by atoms with van der Waals surface area (Å²) in [5.74, 6) is -2.56. The van der Waals surface area contributed by atoms with Crippen molar-refractivity contribution in [2.75, 3.05) is 11.9 Å². The van der Waals surface area contributed by atoms with Crippen molar-refractivity contribution in [3.63, 3.8) is 0 Å². The SMILES string of the molecule is CC(C)C(=O)Nc1nc2c(nnn2[C@@H]2O[C@H](COC(=O)c3ccccc3)[C@H](F)[C@H]2OC(=O)c2ccccc2)c(=O)[nH]1. The van der Waals surface area contributed by atoms with Crippen molar-refractivity contribution in [1.82, 2.24) is 25.0 Å². The Bertz CT molecular complexity index is 1630. The zero-order valence-electron chi connectivity index (χ0n) is 21.9. The summed E-state index contributed by atoms with van der Waals surface area (Å²) >= 11 is 0. The maximum Gasteiger partial charge on any atom is 0.338 e. The Morgan fingerprint density at radius 3 is 2.32 bits per heavy atom. The van der Waals surface area contributed by atoms with Crippen molar-refractivity contribution in [2.45, 2.75) is 38.5 Å². The summed E-state index contributed by atoms with van der Waals surface area (Å²) in [4.78, 5) is 56.8. The van der Waals surface area contributed by atoms with E-state index in [9.17, 15) is 19.2 Å². The molecule has 13 nitrogen and oxygen atoms in total. The van der Waals surface area contributed by atoms with E-state index in [1.165, 1.54) is 12.1 Å². The van der Waals surface area contributed by atoms with Crippen LogP contribution in [-0.4, -0.2) is 67.8 Å². The second-order valence-electron chi connectivity index (χ2n) is 9.47. The fraction of sp³-hybridized carbons (Fsp3) is 0.296. The quantitative estimate of drug-likeness (QED) is 0.303. The van der Waals surface area contributed by atoms with Crippen LogP contribution in [0.25, 0.3) is 11.2 Å². The van der Waals surface area contributed by atoms with E-state index < -0.39 is 60.5 Å². The van der Waals surface area contributed by atoms with Crippen molar-refractivity contribution in [3.05, 3.63) is 82.1 Å². The predicted octanol–water partition coefficient (Wildman–Crippen LogP) is 2.43. The Labute approximate surface area is 231 Å². The average molecular weight is 565 g/mol. The van der Waals surface area contributed by atoms with Gasteiger partial charge in [0.05, 0.1) is 11.1 Å². The molecule has 1 aliphatic heterocycles. The number of rotatable bonds is 8. The number of H-pyrrole nitrogens is 1. The number of hydrogen-bond acceptors (Lipinski definition) is 10. The van der Waals surface area contributed by atoms with E-state index in [2.05, 4.69) is 25.6 Å². The topological polar surface area (TPSA) is 167 Å². The highest BCUT2D eigenvalue weighted by molar-refractivity contribution is 5.91. The molecule has 1 amide bonds. The van der Waals surface area contributed by atoms with E-state index >= 15 is 4.39 Å². The number of halogens is 1. The van der Waals surface area contributed by atoms with Gasteiger partial charge in [-0.3, -0.25) is 19.9 Å². The third-order valence-electron chi connectivity index (χ3n) is 6.25. The molecule has 3 heterocycles. The molecule has 0 spiro atoms. The number of nitrogens with one attached hydrogen (secondary N) is 2. The first-order valence-electron chi connectivity index (χ1n) is 12.7. The molecule has 1 aliphatic rings. The number of nitrogens with zero attached hydrogens (tertiary/aromatic N) is 4. The first-order valence-corrected chi connectivity index (χ1v) is 12.7. The molecule has 1 saturated heterocycles. The van der Waals surface area contributed by atoms with E-state index in [0.29, 0.717) is 0 Å². The van der Waals surface area contributed by atoms with Gasteiger partial charge in [0.25, 0.3) is 5.56 Å². The lowest BCUT2D eigenvalue weighted by Gasteiger charge is -2.20. The van der Waals surface area contributed by atoms with Gasteiger partial charge in [-0.1, -0.05) is 55.5 Å². The molecule has 0 aliphatic carbocycles. The number of carbonyl (C=O) groups is 3. The number of fused-ring (bicyclic) bond motifs is 1. The van der Waals surface area contributed by atoms with Crippen molar-refractivity contribution in [2.24, 2.45) is 5.92 Å². The number of amides is 1. The molecule has 0 saturated carbocycles. The molecule has 1 fully saturated rings. The first kappa shape index (κ1) is 27.6. The molecule has 0 radical (unpaired) electrons. The molecule has 2 aromatic carbocycles. The minimum Gasteiger partial charge on any atom is -0.459 e. The number of aromatic amines is 1. The summed E-state index contributed by atoms with van der Waals surface area (Å²) < 4.78 is 33.5. The molecular formula is C27H25FN6O7. The molecule has 2 N–H and O–H groups in total. The zero-order valence-corrected chi connectivity index (χ0v) is 21.9. The van der Waals surface area contributed by atoms with Crippen LogP contribution >= 0.6 is 0 Å². The molecule has 2 aromatic heterocycles. The number of hydrogen-bond donors (Lipinski definition) is 2. The van der Waals surface area contributed by atoms with Crippen LogP contribution in [0.15, 0.2) is 65.5 Å². The fourth-order valence-corrected chi connectivity index (χ4v) is 4.06. The smallest absolute Gasteiger partial charge is 0.338 e. The monoisotopic (exact) mass is 564 g/mol. The summed E-state index contributed by atoms with van der Waals surface area (Å²) in [6.07, 6.45) is -6.39. The molecule has 212 valence electrons. The molecule has 5 rings (SSSR count). The van der Waals surface area contributed by atoms with Crippen LogP contribution in [0.1, 0.15) is 40.8 Å². The molecule has 14 heteroatoms. The van der Waals surface area contributed by atoms with Gasteiger partial charge in [-0.2, -0.15) is 9.67 Å². The molecular weight excluding hydrogens is 539 g/mol. The lowest BCUT2D eigenvalue weighted by molar-refractivity contribution is -0.118. The largest absolute Gasteiger partial charge is 0.459 e. The van der Waals surface area contributed by atoms with Gasteiger partial charge in [0, 0.05) is 5.92 Å². The number of esters is 2. The second-order valence-corrected chi connectivity index (χ2v) is 9.47. The van der Waals surface area contributed by atoms with Crippen LogP contribution in [0.4, 0.5) is 10.3 Å². The number of alkyl halides is 1. The molecule has 0 bridgehead atoms. The Hall–Kier alpha value is -4.98. The number of ether oxygens (including phenoxy) is 3. The van der Waals surface area contributed by atoms with Crippen LogP contribution in [0.3, 0.4) is 0 Å². The highest BCUT2D eigenvalue weighted by atomic mass is 19.1. The van der Waals surface area contributed by atoms with Gasteiger partial charge >= 0.3 is 11.9 Å². The zero-order chi connectivity index (χ0) is 29.1. The summed E-state index contributed by atoms with van der Waals surface area (Å²) in [6.45, 7) is 2.80. The van der Waals surface area contributed by atoms with Gasteiger partial charge in [0.2, 0.25) is 11.9 Å². The minimum atomic E-state index is -1.97. The van der Waals surface area contributed by atoms with Crippen molar-refractivity contribution in [1.29, 1.82) is 0 Å². The van der Waals surface area contributed by atoms with E-state index in [1.54, 1.807) is 62.4 Å². The van der Waals surface area contributed by atoms with Gasteiger partial charge in [-0.15, -0.1) is 5.10 Å². The van der Waals surface area contributed by atoms with Crippen LogP contribution in [0.2, 0.25) is 0 Å². The van der Waals surface area contributed by atoms with Crippen LogP contribution < -0.4 is 10.9 Å². The molecule has 4 aromatic rings. The maximum absolute atomic E-state index is 15.8. The highest BCUT2D eigenvalue weighted by Crippen LogP contribution is 2.35. The second kappa shape index (κ2) is 11.6. The predicted molar refractivity (Wildman–Crippen MR) is 141 cm³/mol. The standard InChI is InChI=1S/C27H25FN6O7/c1-14(2)22(35)30-27-29-21-19(23(36)31-27)32-33-34(21)24-20(41-26(38)16-11-7-4-8-12-16)18(28)17(40-24)13-39-25(37)15-9-5-3-6-10-15/h3-12,14,17-18,20,24H,13H2,1-2H3,(H2,29,30,31,35,36)/t17-,18+,20-,24-/m1/s1. The van der Waals surface area contributed by atoms with Gasteiger partial charge in [-0.05, 0) is 24.3 Å². The van der Waals surface area contributed by atoms with Gasteiger partial charge in [-0.25, -0.2) is 14.0 Å². The van der Waals surface area contributed by atoms with Crippen molar-refractivity contribution in [3.8, 4) is 0 Å². The molecule has 0 unspecified atom stereocenters.